The highest BCUT2D eigenvalue weighted by Crippen LogP contribution is 2.27. The number of benzene rings is 1. The number of hydrogen-bond donors (Lipinski definition) is 2. The molecule has 23 heavy (non-hydrogen) atoms. The van der Waals surface area contributed by atoms with E-state index in [9.17, 15) is 9.90 Å². The van der Waals surface area contributed by atoms with Gasteiger partial charge in [0.2, 0.25) is 5.91 Å². The molecule has 1 heterocycles. The molecular weight excluding hydrogens is 298 g/mol. The van der Waals surface area contributed by atoms with Crippen LogP contribution in [-0.4, -0.2) is 50.6 Å². The fourth-order valence-corrected chi connectivity index (χ4v) is 2.37. The molecule has 1 amide bonds. The molecule has 0 bridgehead atoms. The number of ether oxygens (including phenoxy) is 3. The topological polar surface area (TPSA) is 77.0 Å². The van der Waals surface area contributed by atoms with E-state index >= 15 is 0 Å². The number of aliphatic hydroxyl groups is 1. The van der Waals surface area contributed by atoms with Crippen molar-refractivity contribution in [2.24, 2.45) is 0 Å². The Labute approximate surface area is 136 Å². The molecule has 1 saturated heterocycles. The SMILES string of the molecule is COc1ccc(/C=C/C(=O)NCC2(O)CCOCC2)cc1OC. The number of rotatable bonds is 6. The van der Waals surface area contributed by atoms with Gasteiger partial charge in [-0.25, -0.2) is 0 Å². The van der Waals surface area contributed by atoms with Crippen LogP contribution in [0.4, 0.5) is 0 Å². The number of hydrogen-bond acceptors (Lipinski definition) is 5. The molecule has 1 aliphatic rings. The summed E-state index contributed by atoms with van der Waals surface area (Å²) in [7, 11) is 3.13. The van der Waals surface area contributed by atoms with Crippen molar-refractivity contribution in [3.63, 3.8) is 0 Å². The summed E-state index contributed by atoms with van der Waals surface area (Å²) in [4.78, 5) is 11.9. The van der Waals surface area contributed by atoms with Gasteiger partial charge in [0, 0.05) is 38.7 Å². The van der Waals surface area contributed by atoms with Gasteiger partial charge in [0.05, 0.1) is 19.8 Å². The lowest BCUT2D eigenvalue weighted by molar-refractivity contribution is -0.119. The third-order valence-electron chi connectivity index (χ3n) is 3.85. The predicted molar refractivity (Wildman–Crippen MR) is 86.6 cm³/mol. The maximum Gasteiger partial charge on any atom is 0.244 e. The lowest BCUT2D eigenvalue weighted by Gasteiger charge is -2.31. The Hall–Kier alpha value is -2.05. The summed E-state index contributed by atoms with van der Waals surface area (Å²) in [5.41, 5.74) is -0.0481. The smallest absolute Gasteiger partial charge is 0.244 e. The number of nitrogens with one attached hydrogen (secondary N) is 1. The molecule has 126 valence electrons. The second kappa shape index (κ2) is 7.99. The highest BCUT2D eigenvalue weighted by Gasteiger charge is 2.29. The molecule has 1 aliphatic heterocycles. The largest absolute Gasteiger partial charge is 0.493 e. The van der Waals surface area contributed by atoms with E-state index in [2.05, 4.69) is 5.32 Å². The van der Waals surface area contributed by atoms with Crippen LogP contribution < -0.4 is 14.8 Å². The van der Waals surface area contributed by atoms with Crippen LogP contribution in [0.25, 0.3) is 6.08 Å². The molecule has 0 unspecified atom stereocenters. The molecule has 6 nitrogen and oxygen atoms in total. The van der Waals surface area contributed by atoms with Crippen LogP contribution in [0.1, 0.15) is 18.4 Å². The van der Waals surface area contributed by atoms with Crippen LogP contribution in [0.5, 0.6) is 11.5 Å². The van der Waals surface area contributed by atoms with Gasteiger partial charge in [-0.05, 0) is 23.8 Å². The van der Waals surface area contributed by atoms with Crippen LogP contribution >= 0.6 is 0 Å². The molecule has 1 fully saturated rings. The Kier molecular flexibility index (Phi) is 6.01. The first-order valence-corrected chi connectivity index (χ1v) is 7.54. The summed E-state index contributed by atoms with van der Waals surface area (Å²) in [5.74, 6) is 0.988. The van der Waals surface area contributed by atoms with Crippen molar-refractivity contribution >= 4 is 12.0 Å². The molecule has 2 rings (SSSR count). The number of carbonyl (C=O) groups excluding carboxylic acids is 1. The quantitative estimate of drug-likeness (QED) is 0.774. The predicted octanol–water partition coefficient (Wildman–Crippen LogP) is 1.37. The fourth-order valence-electron chi connectivity index (χ4n) is 2.37. The zero-order valence-electron chi connectivity index (χ0n) is 13.5. The van der Waals surface area contributed by atoms with Crippen molar-refractivity contribution in [2.45, 2.75) is 18.4 Å². The van der Waals surface area contributed by atoms with Gasteiger partial charge < -0.3 is 24.6 Å². The van der Waals surface area contributed by atoms with Gasteiger partial charge in [0.25, 0.3) is 0 Å². The third kappa shape index (κ3) is 4.97. The van der Waals surface area contributed by atoms with Crippen LogP contribution in [0, 0.1) is 0 Å². The van der Waals surface area contributed by atoms with E-state index < -0.39 is 5.60 Å². The summed E-state index contributed by atoms with van der Waals surface area (Å²) in [5, 5.41) is 13.0. The fraction of sp³-hybridized carbons (Fsp3) is 0.471. The second-order valence-electron chi connectivity index (χ2n) is 5.50. The Bertz CT molecular complexity index is 564. The Morgan fingerprint density at radius 3 is 2.65 bits per heavy atom. The van der Waals surface area contributed by atoms with E-state index in [0.29, 0.717) is 37.6 Å². The monoisotopic (exact) mass is 321 g/mol. The third-order valence-corrected chi connectivity index (χ3v) is 3.85. The minimum absolute atomic E-state index is 0.228. The second-order valence-corrected chi connectivity index (χ2v) is 5.50. The number of methoxy groups -OCH3 is 2. The minimum atomic E-state index is -0.870. The van der Waals surface area contributed by atoms with Gasteiger partial charge in [-0.2, -0.15) is 0 Å². The normalized spacial score (nSPS) is 17.0. The number of carbonyl (C=O) groups is 1. The molecule has 6 heteroatoms. The van der Waals surface area contributed by atoms with E-state index in [1.807, 2.05) is 6.07 Å². The summed E-state index contributed by atoms with van der Waals surface area (Å²) in [6.07, 6.45) is 4.19. The molecular formula is C17H23NO5. The highest BCUT2D eigenvalue weighted by atomic mass is 16.5. The van der Waals surface area contributed by atoms with Gasteiger partial charge in [0.1, 0.15) is 0 Å². The molecule has 0 aromatic heterocycles. The van der Waals surface area contributed by atoms with Crippen LogP contribution in [-0.2, 0) is 9.53 Å². The first-order valence-electron chi connectivity index (χ1n) is 7.54. The molecule has 0 atom stereocenters. The number of amides is 1. The van der Waals surface area contributed by atoms with Gasteiger partial charge in [-0.15, -0.1) is 0 Å². The zero-order valence-corrected chi connectivity index (χ0v) is 13.5. The average Bonchev–Trinajstić information content (AvgIpc) is 2.58. The lowest BCUT2D eigenvalue weighted by Crippen LogP contribution is -2.46. The van der Waals surface area contributed by atoms with E-state index in [4.69, 9.17) is 14.2 Å². The van der Waals surface area contributed by atoms with Gasteiger partial charge in [0.15, 0.2) is 11.5 Å². The Morgan fingerprint density at radius 2 is 2.00 bits per heavy atom. The molecule has 1 aromatic rings. The van der Waals surface area contributed by atoms with E-state index in [0.717, 1.165) is 5.56 Å². The first-order chi connectivity index (χ1) is 11.1. The van der Waals surface area contributed by atoms with Crippen molar-refractivity contribution < 1.29 is 24.1 Å². The molecule has 0 spiro atoms. The van der Waals surface area contributed by atoms with E-state index in [1.165, 1.54) is 6.08 Å². The van der Waals surface area contributed by atoms with E-state index in [-0.39, 0.29) is 12.5 Å². The minimum Gasteiger partial charge on any atom is -0.493 e. The molecule has 0 radical (unpaired) electrons. The van der Waals surface area contributed by atoms with Gasteiger partial charge in [-0.3, -0.25) is 4.79 Å². The molecule has 0 saturated carbocycles. The summed E-state index contributed by atoms with van der Waals surface area (Å²) < 4.78 is 15.6. The standard InChI is InChI=1S/C17H23NO5/c1-21-14-5-3-13(11-15(14)22-2)4-6-16(19)18-12-17(20)7-9-23-10-8-17/h3-6,11,20H,7-10,12H2,1-2H3,(H,18,19)/b6-4+. The Morgan fingerprint density at radius 1 is 1.30 bits per heavy atom. The summed E-state index contributed by atoms with van der Waals surface area (Å²) >= 11 is 0. The summed E-state index contributed by atoms with van der Waals surface area (Å²) in [6, 6.07) is 5.40. The van der Waals surface area contributed by atoms with Crippen LogP contribution in [0.2, 0.25) is 0 Å². The first kappa shape index (κ1) is 17.3. The van der Waals surface area contributed by atoms with Crippen molar-refractivity contribution in [3.05, 3.63) is 29.8 Å². The lowest BCUT2D eigenvalue weighted by atomic mass is 9.94. The van der Waals surface area contributed by atoms with Crippen molar-refractivity contribution in [1.29, 1.82) is 0 Å². The van der Waals surface area contributed by atoms with Crippen molar-refractivity contribution in [1.82, 2.24) is 5.32 Å². The molecule has 0 aliphatic carbocycles. The van der Waals surface area contributed by atoms with E-state index in [1.54, 1.807) is 32.4 Å². The maximum absolute atomic E-state index is 11.9. The highest BCUT2D eigenvalue weighted by molar-refractivity contribution is 5.91. The van der Waals surface area contributed by atoms with Gasteiger partial charge >= 0.3 is 0 Å². The maximum atomic E-state index is 11.9. The van der Waals surface area contributed by atoms with Gasteiger partial charge in [-0.1, -0.05) is 6.07 Å². The zero-order chi connectivity index (χ0) is 16.7. The molecule has 2 N–H and O–H groups in total. The van der Waals surface area contributed by atoms with Crippen LogP contribution in [0.15, 0.2) is 24.3 Å². The molecule has 1 aromatic carbocycles. The Balaban J connectivity index is 1.90. The summed E-state index contributed by atoms with van der Waals surface area (Å²) in [6.45, 7) is 1.27. The van der Waals surface area contributed by atoms with Crippen molar-refractivity contribution in [2.75, 3.05) is 34.0 Å². The van der Waals surface area contributed by atoms with Crippen molar-refractivity contribution in [3.8, 4) is 11.5 Å². The van der Waals surface area contributed by atoms with Crippen LogP contribution in [0.3, 0.4) is 0 Å². The average molecular weight is 321 g/mol.